The average molecular weight is 296 g/mol. The van der Waals surface area contributed by atoms with E-state index in [1.165, 1.54) is 0 Å². The molecule has 0 aliphatic carbocycles. The minimum atomic E-state index is -4.31. The highest BCUT2D eigenvalue weighted by atomic mass is 31.2. The molecule has 0 aromatic rings. The molecule has 0 saturated carbocycles. The van der Waals surface area contributed by atoms with Gasteiger partial charge in [0.15, 0.2) is 0 Å². The molecule has 0 spiro atoms. The summed E-state index contributed by atoms with van der Waals surface area (Å²) in [7, 11) is -4.31. The number of unbranched alkanes of at least 4 members (excludes halogenated alkanes) is 5. The number of carbonyl (C=O) groups is 1. The van der Waals surface area contributed by atoms with Gasteiger partial charge in [-0.25, -0.2) is 4.57 Å². The molecular weight excluding hydrogens is 271 g/mol. The molecule has 114 valence electrons. The third kappa shape index (κ3) is 15.5. The highest BCUT2D eigenvalue weighted by molar-refractivity contribution is 7.46. The van der Waals surface area contributed by atoms with Gasteiger partial charge in [-0.3, -0.25) is 9.32 Å². The molecule has 7 heteroatoms. The van der Waals surface area contributed by atoms with Gasteiger partial charge in [-0.2, -0.15) is 0 Å². The minimum absolute atomic E-state index is 0.0796. The first-order valence-corrected chi connectivity index (χ1v) is 8.34. The van der Waals surface area contributed by atoms with Crippen LogP contribution in [0.2, 0.25) is 0 Å². The number of hydrogen-bond acceptors (Lipinski definition) is 4. The van der Waals surface area contributed by atoms with Crippen LogP contribution in [0.1, 0.15) is 58.3 Å². The summed E-state index contributed by atoms with van der Waals surface area (Å²) in [6.45, 7) is 2.57. The Morgan fingerprint density at radius 3 is 2.16 bits per heavy atom. The van der Waals surface area contributed by atoms with Crippen LogP contribution in [0.15, 0.2) is 0 Å². The monoisotopic (exact) mass is 296 g/mol. The first-order valence-electron chi connectivity index (χ1n) is 6.81. The van der Waals surface area contributed by atoms with E-state index in [9.17, 15) is 9.36 Å². The molecule has 0 aliphatic heterocycles. The first-order chi connectivity index (χ1) is 8.95. The summed E-state index contributed by atoms with van der Waals surface area (Å²) < 4.78 is 19.7. The van der Waals surface area contributed by atoms with Crippen LogP contribution >= 0.6 is 7.82 Å². The molecule has 0 bridgehead atoms. The molecule has 0 rings (SSSR count). The van der Waals surface area contributed by atoms with Crippen molar-refractivity contribution < 1.29 is 28.4 Å². The van der Waals surface area contributed by atoms with Gasteiger partial charge < -0.3 is 14.5 Å². The predicted molar refractivity (Wildman–Crippen MR) is 71.6 cm³/mol. The van der Waals surface area contributed by atoms with E-state index in [1.807, 2.05) is 6.92 Å². The first kappa shape index (κ1) is 18.6. The lowest BCUT2D eigenvalue weighted by Crippen LogP contribution is -2.05. The second kappa shape index (κ2) is 11.4. The van der Waals surface area contributed by atoms with Crippen molar-refractivity contribution in [2.24, 2.45) is 0 Å². The van der Waals surface area contributed by atoms with Crippen molar-refractivity contribution in [3.8, 4) is 0 Å². The van der Waals surface area contributed by atoms with E-state index in [0.29, 0.717) is 19.4 Å². The van der Waals surface area contributed by atoms with E-state index < -0.39 is 7.82 Å². The largest absolute Gasteiger partial charge is 0.469 e. The summed E-state index contributed by atoms with van der Waals surface area (Å²) in [4.78, 5) is 28.0. The summed E-state index contributed by atoms with van der Waals surface area (Å²) in [5.74, 6) is -0.128. The van der Waals surface area contributed by atoms with E-state index in [-0.39, 0.29) is 12.6 Å². The van der Waals surface area contributed by atoms with Crippen LogP contribution in [0.4, 0.5) is 0 Å². The molecule has 0 heterocycles. The van der Waals surface area contributed by atoms with Crippen molar-refractivity contribution in [2.45, 2.75) is 58.3 Å². The molecule has 0 radical (unpaired) electrons. The number of rotatable bonds is 12. The second-order valence-electron chi connectivity index (χ2n) is 4.42. The maximum Gasteiger partial charge on any atom is 0.469 e. The Hall–Kier alpha value is -0.420. The fraction of sp³-hybridized carbons (Fsp3) is 0.917. The van der Waals surface area contributed by atoms with Gasteiger partial charge in [-0.1, -0.05) is 32.6 Å². The standard InChI is InChI=1S/C12H25O6P/c1-2-3-9-12(13)17-10-7-5-4-6-8-11-18-19(14,15)16/h2-11H2,1H3,(H2,14,15,16). The zero-order valence-electron chi connectivity index (χ0n) is 11.5. The number of hydrogen-bond donors (Lipinski definition) is 2. The normalized spacial score (nSPS) is 11.5. The number of esters is 1. The third-order valence-electron chi connectivity index (χ3n) is 2.55. The summed E-state index contributed by atoms with van der Waals surface area (Å²) in [5.41, 5.74) is 0. The molecular formula is C12H25O6P. The lowest BCUT2D eigenvalue weighted by Gasteiger charge is -2.05. The summed E-state index contributed by atoms with van der Waals surface area (Å²) >= 11 is 0. The third-order valence-corrected chi connectivity index (χ3v) is 3.06. The van der Waals surface area contributed by atoms with E-state index >= 15 is 0 Å². The molecule has 0 aliphatic rings. The van der Waals surface area contributed by atoms with Gasteiger partial charge >= 0.3 is 13.8 Å². The van der Waals surface area contributed by atoms with Crippen LogP contribution in [-0.4, -0.2) is 29.0 Å². The van der Waals surface area contributed by atoms with Crippen molar-refractivity contribution in [3.63, 3.8) is 0 Å². The van der Waals surface area contributed by atoms with Crippen LogP contribution in [0, 0.1) is 0 Å². The smallest absolute Gasteiger partial charge is 0.466 e. The Kier molecular flexibility index (Phi) is 11.2. The second-order valence-corrected chi connectivity index (χ2v) is 5.65. The number of ether oxygens (including phenoxy) is 1. The summed E-state index contributed by atoms with van der Waals surface area (Å²) in [5, 5.41) is 0. The van der Waals surface area contributed by atoms with Crippen LogP contribution in [0.5, 0.6) is 0 Å². The molecule has 0 atom stereocenters. The van der Waals surface area contributed by atoms with E-state index in [4.69, 9.17) is 14.5 Å². The fourth-order valence-electron chi connectivity index (χ4n) is 1.50. The predicted octanol–water partition coefficient (Wildman–Crippen LogP) is 2.78. The Bertz CT molecular complexity index is 275. The lowest BCUT2D eigenvalue weighted by atomic mass is 10.1. The maximum absolute atomic E-state index is 11.2. The van der Waals surface area contributed by atoms with Crippen LogP contribution in [-0.2, 0) is 18.6 Å². The average Bonchev–Trinajstić information content (AvgIpc) is 2.33. The maximum atomic E-state index is 11.2. The van der Waals surface area contributed by atoms with Crippen molar-refractivity contribution in [1.82, 2.24) is 0 Å². The Morgan fingerprint density at radius 2 is 1.58 bits per heavy atom. The molecule has 19 heavy (non-hydrogen) atoms. The fourth-order valence-corrected chi connectivity index (χ4v) is 1.86. The van der Waals surface area contributed by atoms with E-state index in [0.717, 1.165) is 38.5 Å². The van der Waals surface area contributed by atoms with Gasteiger partial charge in [0.1, 0.15) is 0 Å². The molecule has 0 fully saturated rings. The van der Waals surface area contributed by atoms with Crippen molar-refractivity contribution in [3.05, 3.63) is 0 Å². The summed E-state index contributed by atoms with van der Waals surface area (Å²) in [6, 6.07) is 0. The van der Waals surface area contributed by atoms with Gasteiger partial charge in [0.05, 0.1) is 13.2 Å². The Labute approximate surface area is 114 Å². The van der Waals surface area contributed by atoms with E-state index in [2.05, 4.69) is 4.52 Å². The number of carbonyl (C=O) groups excluding carboxylic acids is 1. The minimum Gasteiger partial charge on any atom is -0.466 e. The molecule has 0 aromatic carbocycles. The zero-order valence-corrected chi connectivity index (χ0v) is 12.4. The molecule has 0 unspecified atom stereocenters. The molecule has 0 aromatic heterocycles. The quantitative estimate of drug-likeness (QED) is 0.327. The van der Waals surface area contributed by atoms with Crippen molar-refractivity contribution in [1.29, 1.82) is 0 Å². The van der Waals surface area contributed by atoms with Gasteiger partial charge in [0.2, 0.25) is 0 Å². The van der Waals surface area contributed by atoms with Crippen LogP contribution in [0.25, 0.3) is 0 Å². The highest BCUT2D eigenvalue weighted by Crippen LogP contribution is 2.35. The topological polar surface area (TPSA) is 93.1 Å². The number of phosphoric ester groups is 1. The molecule has 0 saturated heterocycles. The SMILES string of the molecule is CCCCC(=O)OCCCCCCCOP(=O)(O)O. The zero-order chi connectivity index (χ0) is 14.6. The Morgan fingerprint density at radius 1 is 1.00 bits per heavy atom. The molecule has 0 amide bonds. The Balaban J connectivity index is 3.19. The van der Waals surface area contributed by atoms with Gasteiger partial charge in [-0.15, -0.1) is 0 Å². The van der Waals surface area contributed by atoms with Gasteiger partial charge in [-0.05, 0) is 19.3 Å². The van der Waals surface area contributed by atoms with Crippen LogP contribution < -0.4 is 0 Å². The molecule has 2 N–H and O–H groups in total. The highest BCUT2D eigenvalue weighted by Gasteiger charge is 2.12. The summed E-state index contributed by atoms with van der Waals surface area (Å²) in [6.07, 6.45) is 6.55. The van der Waals surface area contributed by atoms with Crippen LogP contribution in [0.3, 0.4) is 0 Å². The van der Waals surface area contributed by atoms with Crippen molar-refractivity contribution >= 4 is 13.8 Å². The van der Waals surface area contributed by atoms with Gasteiger partial charge in [0.25, 0.3) is 0 Å². The van der Waals surface area contributed by atoms with Gasteiger partial charge in [0, 0.05) is 6.42 Å². The molecule has 6 nitrogen and oxygen atoms in total. The number of phosphoric acid groups is 1. The van der Waals surface area contributed by atoms with Crippen molar-refractivity contribution in [2.75, 3.05) is 13.2 Å². The van der Waals surface area contributed by atoms with E-state index in [1.54, 1.807) is 0 Å². The lowest BCUT2D eigenvalue weighted by molar-refractivity contribution is -0.143.